The van der Waals surface area contributed by atoms with E-state index in [0.29, 0.717) is 22.4 Å². The van der Waals surface area contributed by atoms with E-state index in [0.717, 1.165) is 4.90 Å². The van der Waals surface area contributed by atoms with Gasteiger partial charge in [-0.25, -0.2) is 4.79 Å². The van der Waals surface area contributed by atoms with Crippen molar-refractivity contribution in [2.24, 2.45) is 0 Å². The molecule has 4 amide bonds. The third-order valence-electron chi connectivity index (χ3n) is 5.26. The maximum absolute atomic E-state index is 12.8. The number of hydrogen-bond acceptors (Lipinski definition) is 5. The van der Waals surface area contributed by atoms with Crippen molar-refractivity contribution in [2.75, 3.05) is 5.32 Å². The molecule has 1 aliphatic heterocycles. The highest BCUT2D eigenvalue weighted by atomic mass is 16.6. The molecule has 4 rings (SSSR count). The number of carbonyl (C=O) groups excluding carboxylic acids is 3. The Balaban J connectivity index is 1.42. The molecule has 1 aliphatic rings. The van der Waals surface area contributed by atoms with Gasteiger partial charge < -0.3 is 10.6 Å². The van der Waals surface area contributed by atoms with Gasteiger partial charge in [0.15, 0.2) is 0 Å². The molecule has 166 valence electrons. The van der Waals surface area contributed by atoms with E-state index in [4.69, 9.17) is 0 Å². The van der Waals surface area contributed by atoms with Crippen LogP contribution < -0.4 is 10.6 Å². The molecule has 2 N–H and O–H groups in total. The summed E-state index contributed by atoms with van der Waals surface area (Å²) in [5, 5.41) is 16.2. The van der Waals surface area contributed by atoms with Crippen molar-refractivity contribution in [1.29, 1.82) is 0 Å². The Morgan fingerprint density at radius 1 is 0.970 bits per heavy atom. The summed E-state index contributed by atoms with van der Waals surface area (Å²) in [5.41, 5.74) is 2.36. The number of imide groups is 1. The van der Waals surface area contributed by atoms with Crippen LogP contribution >= 0.6 is 0 Å². The van der Waals surface area contributed by atoms with Crippen molar-refractivity contribution in [1.82, 2.24) is 10.2 Å². The second kappa shape index (κ2) is 9.31. The largest absolute Gasteiger partial charge is 0.325 e. The minimum Gasteiger partial charge on any atom is -0.325 e. The fourth-order valence-corrected chi connectivity index (χ4v) is 3.57. The second-order valence-corrected chi connectivity index (χ2v) is 7.57. The van der Waals surface area contributed by atoms with Crippen LogP contribution in [0.5, 0.6) is 0 Å². The number of urea groups is 1. The quantitative estimate of drug-likeness (QED) is 0.328. The van der Waals surface area contributed by atoms with Crippen LogP contribution in [0, 0.1) is 10.1 Å². The van der Waals surface area contributed by atoms with Crippen LogP contribution in [-0.2, 0) is 17.8 Å². The smallest absolute Gasteiger partial charge is 0.325 e. The Labute approximate surface area is 189 Å². The highest BCUT2D eigenvalue weighted by Crippen LogP contribution is 2.19. The number of amides is 4. The van der Waals surface area contributed by atoms with Gasteiger partial charge in [-0.1, -0.05) is 42.5 Å². The Bertz CT molecular complexity index is 1210. The minimum atomic E-state index is -0.761. The van der Waals surface area contributed by atoms with E-state index in [1.165, 1.54) is 12.1 Å². The molecular weight excluding hydrogens is 424 g/mol. The summed E-state index contributed by atoms with van der Waals surface area (Å²) in [6.45, 7) is 0.0217. The van der Waals surface area contributed by atoms with Gasteiger partial charge in [0.25, 0.3) is 17.5 Å². The van der Waals surface area contributed by atoms with Crippen molar-refractivity contribution < 1.29 is 19.3 Å². The van der Waals surface area contributed by atoms with Gasteiger partial charge in [0.2, 0.25) is 0 Å². The van der Waals surface area contributed by atoms with Gasteiger partial charge in [-0.05, 0) is 35.4 Å². The van der Waals surface area contributed by atoms with Crippen LogP contribution in [0.4, 0.5) is 16.2 Å². The van der Waals surface area contributed by atoms with E-state index in [-0.39, 0.29) is 24.6 Å². The minimum absolute atomic E-state index is 0.0217. The van der Waals surface area contributed by atoms with Gasteiger partial charge in [-0.3, -0.25) is 24.6 Å². The Kier molecular flexibility index (Phi) is 6.12. The molecular formula is C24H20N4O5. The fourth-order valence-electron chi connectivity index (χ4n) is 3.57. The number of nitro groups is 1. The summed E-state index contributed by atoms with van der Waals surface area (Å²) >= 11 is 0. The first-order chi connectivity index (χ1) is 15.9. The van der Waals surface area contributed by atoms with Gasteiger partial charge in [0, 0.05) is 29.8 Å². The van der Waals surface area contributed by atoms with E-state index in [1.54, 1.807) is 48.5 Å². The number of hydrogen-bond donors (Lipinski definition) is 2. The zero-order valence-electron chi connectivity index (χ0n) is 17.4. The zero-order valence-corrected chi connectivity index (χ0v) is 17.4. The molecule has 0 aliphatic carbocycles. The SMILES string of the molecule is O=C(Nc1ccccc1)c1cccc(CN2C(=O)NC(Cc3ccc([N+](=O)[O-])cc3)C2=O)c1. The van der Waals surface area contributed by atoms with Gasteiger partial charge in [0.1, 0.15) is 6.04 Å². The number of benzene rings is 3. The van der Waals surface area contributed by atoms with Gasteiger partial charge in [-0.2, -0.15) is 0 Å². The van der Waals surface area contributed by atoms with E-state index < -0.39 is 22.9 Å². The van der Waals surface area contributed by atoms with E-state index >= 15 is 0 Å². The summed E-state index contributed by atoms with van der Waals surface area (Å²) in [7, 11) is 0. The molecule has 3 aromatic carbocycles. The number of nitro benzene ring substituents is 1. The van der Waals surface area contributed by atoms with Crippen LogP contribution in [0.1, 0.15) is 21.5 Å². The average molecular weight is 444 g/mol. The monoisotopic (exact) mass is 444 g/mol. The molecule has 1 fully saturated rings. The van der Waals surface area contributed by atoms with E-state index in [2.05, 4.69) is 10.6 Å². The maximum Gasteiger partial charge on any atom is 0.325 e. The molecule has 9 nitrogen and oxygen atoms in total. The Morgan fingerprint density at radius 3 is 2.39 bits per heavy atom. The predicted molar refractivity (Wildman–Crippen MR) is 121 cm³/mol. The van der Waals surface area contributed by atoms with E-state index in [9.17, 15) is 24.5 Å². The summed E-state index contributed by atoms with van der Waals surface area (Å²) in [5.74, 6) is -0.686. The lowest BCUT2D eigenvalue weighted by atomic mass is 10.1. The summed E-state index contributed by atoms with van der Waals surface area (Å²) in [6, 6.07) is 20.3. The molecule has 0 saturated carbocycles. The van der Waals surface area contributed by atoms with Crippen molar-refractivity contribution in [2.45, 2.75) is 19.0 Å². The third-order valence-corrected chi connectivity index (χ3v) is 5.26. The van der Waals surface area contributed by atoms with E-state index in [1.807, 2.05) is 18.2 Å². The molecule has 33 heavy (non-hydrogen) atoms. The van der Waals surface area contributed by atoms with Gasteiger partial charge in [-0.15, -0.1) is 0 Å². The first-order valence-electron chi connectivity index (χ1n) is 10.2. The molecule has 0 bridgehead atoms. The molecule has 1 heterocycles. The molecule has 3 aromatic rings. The topological polar surface area (TPSA) is 122 Å². The highest BCUT2D eigenvalue weighted by Gasteiger charge is 2.37. The lowest BCUT2D eigenvalue weighted by molar-refractivity contribution is -0.384. The second-order valence-electron chi connectivity index (χ2n) is 7.57. The number of non-ortho nitro benzene ring substituents is 1. The fraction of sp³-hybridized carbons (Fsp3) is 0.125. The van der Waals surface area contributed by atoms with Crippen LogP contribution in [0.3, 0.4) is 0 Å². The Hall–Kier alpha value is -4.53. The molecule has 0 aromatic heterocycles. The number of anilines is 1. The zero-order chi connectivity index (χ0) is 23.4. The van der Waals surface area contributed by atoms with Crippen molar-refractivity contribution in [3.05, 3.63) is 106 Å². The summed E-state index contributed by atoms with van der Waals surface area (Å²) < 4.78 is 0. The third kappa shape index (κ3) is 5.04. The summed E-state index contributed by atoms with van der Waals surface area (Å²) in [6.07, 6.45) is 0.221. The van der Waals surface area contributed by atoms with Crippen LogP contribution in [-0.4, -0.2) is 33.7 Å². The maximum atomic E-state index is 12.8. The average Bonchev–Trinajstić information content (AvgIpc) is 3.07. The number of rotatable bonds is 7. The molecule has 1 atom stereocenters. The van der Waals surface area contributed by atoms with Gasteiger partial charge in [0.05, 0.1) is 11.5 Å². The molecule has 1 saturated heterocycles. The first-order valence-corrected chi connectivity index (χ1v) is 10.2. The van der Waals surface area contributed by atoms with Crippen molar-refractivity contribution in [3.8, 4) is 0 Å². The molecule has 9 heteroatoms. The number of nitrogens with one attached hydrogen (secondary N) is 2. The lowest BCUT2D eigenvalue weighted by Crippen LogP contribution is -2.32. The predicted octanol–water partition coefficient (Wildman–Crippen LogP) is 3.51. The van der Waals surface area contributed by atoms with Crippen molar-refractivity contribution >= 4 is 29.2 Å². The highest BCUT2D eigenvalue weighted by molar-refractivity contribution is 6.05. The van der Waals surface area contributed by atoms with Gasteiger partial charge >= 0.3 is 6.03 Å². The lowest BCUT2D eigenvalue weighted by Gasteiger charge is -2.14. The van der Waals surface area contributed by atoms with Crippen LogP contribution in [0.2, 0.25) is 0 Å². The standard InChI is InChI=1S/C24H20N4O5/c29-22(25-19-7-2-1-3-8-19)18-6-4-5-17(13-18)15-27-23(30)21(26-24(27)31)14-16-9-11-20(12-10-16)28(32)33/h1-13,21H,14-15H2,(H,25,29)(H,26,31). The first kappa shape index (κ1) is 21.7. The van der Waals surface area contributed by atoms with Crippen molar-refractivity contribution in [3.63, 3.8) is 0 Å². The van der Waals surface area contributed by atoms with Crippen LogP contribution in [0.15, 0.2) is 78.9 Å². The van der Waals surface area contributed by atoms with Crippen LogP contribution in [0.25, 0.3) is 0 Å². The summed E-state index contributed by atoms with van der Waals surface area (Å²) in [4.78, 5) is 49.2. The normalized spacial score (nSPS) is 15.3. The molecule has 1 unspecified atom stereocenters. The number of nitrogens with zero attached hydrogens (tertiary/aromatic N) is 2. The number of para-hydroxylation sites is 1. The Morgan fingerprint density at radius 2 is 1.70 bits per heavy atom. The number of carbonyl (C=O) groups is 3. The molecule has 0 spiro atoms. The molecule has 0 radical (unpaired) electrons.